The molecule has 28 heavy (non-hydrogen) atoms. The van der Waals surface area contributed by atoms with Gasteiger partial charge in [-0.25, -0.2) is 4.79 Å². The Labute approximate surface area is 171 Å². The summed E-state index contributed by atoms with van der Waals surface area (Å²) in [6.07, 6.45) is 1.58. The molecule has 0 bridgehead atoms. The minimum absolute atomic E-state index is 0.0233. The predicted octanol–water partition coefficient (Wildman–Crippen LogP) is 4.94. The number of para-hydroxylation sites is 1. The first-order chi connectivity index (χ1) is 13.3. The fourth-order valence-electron chi connectivity index (χ4n) is 2.84. The van der Waals surface area contributed by atoms with Crippen LogP contribution in [-0.2, 0) is 16.1 Å². The van der Waals surface area contributed by atoms with Gasteiger partial charge in [0.05, 0.1) is 5.02 Å². The number of esters is 1. The zero-order chi connectivity index (χ0) is 20.7. The number of hydrogen-bond donors (Lipinski definition) is 0. The molecule has 6 heteroatoms. The molecule has 0 spiro atoms. The number of nitrogens with zero attached hydrogens (tertiary/aromatic N) is 2. The lowest BCUT2D eigenvalue weighted by molar-refractivity contribution is -0.139. The topological polar surface area (TPSA) is 64.2 Å². The first-order valence-electron chi connectivity index (χ1n) is 9.16. The molecule has 0 aliphatic heterocycles. The molecule has 148 valence electrons. The lowest BCUT2D eigenvalue weighted by atomic mass is 10.1. The molecule has 0 radical (unpaired) electrons. The number of ether oxygens (including phenoxy) is 2. The first kappa shape index (κ1) is 21.6. The average Bonchev–Trinajstić information content (AvgIpc) is 2.91. The highest BCUT2D eigenvalue weighted by Crippen LogP contribution is 2.23. The molecule has 0 unspecified atom stereocenters. The maximum atomic E-state index is 12.2. The Bertz CT molecular complexity index is 907. The molecular weight excluding hydrogens is 376 g/mol. The molecule has 1 heterocycles. The predicted molar refractivity (Wildman–Crippen MR) is 110 cm³/mol. The van der Waals surface area contributed by atoms with Gasteiger partial charge in [0.1, 0.15) is 30.6 Å². The van der Waals surface area contributed by atoms with E-state index < -0.39 is 5.97 Å². The Morgan fingerprint density at radius 3 is 2.64 bits per heavy atom. The van der Waals surface area contributed by atoms with E-state index in [9.17, 15) is 10.1 Å². The fourth-order valence-corrected chi connectivity index (χ4v) is 3.03. The zero-order valence-electron chi connectivity index (χ0n) is 16.7. The van der Waals surface area contributed by atoms with E-state index in [2.05, 4.69) is 18.4 Å². The van der Waals surface area contributed by atoms with Crippen LogP contribution in [0, 0.1) is 31.1 Å². The fraction of sp³-hybridized carbons (Fsp3) is 0.364. The van der Waals surface area contributed by atoms with Crippen LogP contribution in [0.5, 0.6) is 5.75 Å². The Hall–Kier alpha value is -2.71. The Morgan fingerprint density at radius 2 is 2.00 bits per heavy atom. The van der Waals surface area contributed by atoms with Crippen molar-refractivity contribution >= 4 is 23.6 Å². The van der Waals surface area contributed by atoms with E-state index in [1.807, 2.05) is 26.0 Å². The number of carbonyl (C=O) groups excluding carboxylic acids is 1. The summed E-state index contributed by atoms with van der Waals surface area (Å²) in [7, 11) is 0. The van der Waals surface area contributed by atoms with Crippen LogP contribution in [-0.4, -0.2) is 23.8 Å². The molecule has 0 aliphatic carbocycles. The minimum Gasteiger partial charge on any atom is -0.488 e. The van der Waals surface area contributed by atoms with E-state index in [0.29, 0.717) is 16.7 Å². The van der Waals surface area contributed by atoms with Gasteiger partial charge in [0.25, 0.3) is 0 Å². The highest BCUT2D eigenvalue weighted by Gasteiger charge is 2.14. The summed E-state index contributed by atoms with van der Waals surface area (Å²) in [5, 5.41) is 9.86. The van der Waals surface area contributed by atoms with Crippen LogP contribution in [0.1, 0.15) is 30.8 Å². The van der Waals surface area contributed by atoms with Gasteiger partial charge < -0.3 is 14.0 Å². The van der Waals surface area contributed by atoms with E-state index >= 15 is 0 Å². The second-order valence-corrected chi connectivity index (χ2v) is 7.32. The summed E-state index contributed by atoms with van der Waals surface area (Å²) in [5.74, 6) is 0.355. The summed E-state index contributed by atoms with van der Waals surface area (Å²) < 4.78 is 12.8. The number of benzene rings is 1. The lowest BCUT2D eigenvalue weighted by Gasteiger charge is -2.12. The van der Waals surface area contributed by atoms with Crippen molar-refractivity contribution in [1.29, 1.82) is 5.26 Å². The number of hydrogen-bond acceptors (Lipinski definition) is 4. The van der Waals surface area contributed by atoms with Gasteiger partial charge in [0, 0.05) is 17.9 Å². The first-order valence-corrected chi connectivity index (χ1v) is 9.54. The molecule has 0 atom stereocenters. The SMILES string of the molecule is Cc1cc(/C=C(\C#N)C(=O)OCCOc2ccccc2Cl)c(C)n1CC(C)C. The number of rotatable bonds is 8. The van der Waals surface area contributed by atoms with Crippen molar-refractivity contribution < 1.29 is 14.3 Å². The maximum Gasteiger partial charge on any atom is 0.349 e. The van der Waals surface area contributed by atoms with Crippen molar-refractivity contribution in [2.75, 3.05) is 13.2 Å². The van der Waals surface area contributed by atoms with Gasteiger partial charge in [-0.3, -0.25) is 0 Å². The van der Waals surface area contributed by atoms with Crippen molar-refractivity contribution in [2.24, 2.45) is 5.92 Å². The molecule has 5 nitrogen and oxygen atoms in total. The van der Waals surface area contributed by atoms with Gasteiger partial charge in [-0.1, -0.05) is 37.6 Å². The molecule has 0 saturated carbocycles. The average molecular weight is 401 g/mol. The van der Waals surface area contributed by atoms with Crippen LogP contribution < -0.4 is 4.74 Å². The summed E-state index contributed by atoms with van der Waals surface area (Å²) >= 11 is 6.00. The number of nitriles is 1. The molecule has 1 aromatic carbocycles. The summed E-state index contributed by atoms with van der Waals surface area (Å²) in [4.78, 5) is 12.2. The van der Waals surface area contributed by atoms with Gasteiger partial charge in [-0.15, -0.1) is 0 Å². The van der Waals surface area contributed by atoms with Gasteiger partial charge in [-0.2, -0.15) is 5.26 Å². The molecule has 2 rings (SSSR count). The van der Waals surface area contributed by atoms with Crippen molar-refractivity contribution in [3.63, 3.8) is 0 Å². The van der Waals surface area contributed by atoms with Crippen molar-refractivity contribution in [3.8, 4) is 11.8 Å². The van der Waals surface area contributed by atoms with Gasteiger partial charge in [0.15, 0.2) is 0 Å². The zero-order valence-corrected chi connectivity index (χ0v) is 17.4. The highest BCUT2D eigenvalue weighted by molar-refractivity contribution is 6.32. The largest absolute Gasteiger partial charge is 0.488 e. The normalized spacial score (nSPS) is 11.4. The van der Waals surface area contributed by atoms with Crippen LogP contribution in [0.15, 0.2) is 35.9 Å². The molecule has 0 aliphatic rings. The second-order valence-electron chi connectivity index (χ2n) is 6.92. The Kier molecular flexibility index (Phi) is 7.71. The summed E-state index contributed by atoms with van der Waals surface area (Å²) in [5.41, 5.74) is 2.92. The Balaban J connectivity index is 2.00. The summed E-state index contributed by atoms with van der Waals surface area (Å²) in [6.45, 7) is 9.36. The number of aromatic nitrogens is 1. The van der Waals surface area contributed by atoms with Crippen molar-refractivity contribution in [1.82, 2.24) is 4.57 Å². The van der Waals surface area contributed by atoms with Gasteiger partial charge in [-0.05, 0) is 49.6 Å². The number of halogens is 1. The van der Waals surface area contributed by atoms with Crippen molar-refractivity contribution in [2.45, 2.75) is 34.2 Å². The minimum atomic E-state index is -0.668. The summed E-state index contributed by atoms with van der Waals surface area (Å²) in [6, 6.07) is 11.0. The monoisotopic (exact) mass is 400 g/mol. The molecule has 0 amide bonds. The quantitative estimate of drug-likeness (QED) is 0.272. The highest BCUT2D eigenvalue weighted by atomic mass is 35.5. The van der Waals surface area contributed by atoms with Crippen LogP contribution >= 0.6 is 11.6 Å². The van der Waals surface area contributed by atoms with E-state index in [1.165, 1.54) is 0 Å². The molecule has 2 aromatic rings. The van der Waals surface area contributed by atoms with Crippen molar-refractivity contribution in [3.05, 3.63) is 57.9 Å². The molecule has 0 N–H and O–H groups in total. The molecule has 1 aromatic heterocycles. The van der Waals surface area contributed by atoms with Gasteiger partial charge in [0.2, 0.25) is 0 Å². The number of aryl methyl sites for hydroxylation is 1. The lowest BCUT2D eigenvalue weighted by Crippen LogP contribution is -2.13. The van der Waals surface area contributed by atoms with Crippen LogP contribution in [0.2, 0.25) is 5.02 Å². The maximum absolute atomic E-state index is 12.2. The molecule has 0 fully saturated rings. The molecular formula is C22H25ClN2O3. The standard InChI is InChI=1S/C22H25ClN2O3/c1-15(2)14-25-16(3)11-18(17(25)4)12-19(13-24)22(26)28-10-9-27-21-8-6-5-7-20(21)23/h5-8,11-12,15H,9-10,14H2,1-4H3/b19-12+. The smallest absolute Gasteiger partial charge is 0.349 e. The molecule has 0 saturated heterocycles. The second kappa shape index (κ2) is 10.0. The van der Waals surface area contributed by atoms with Crippen LogP contribution in [0.25, 0.3) is 6.08 Å². The third-order valence-electron chi connectivity index (χ3n) is 4.21. The van der Waals surface area contributed by atoms with E-state index in [4.69, 9.17) is 21.1 Å². The number of carbonyl (C=O) groups is 1. The van der Waals surface area contributed by atoms with E-state index in [-0.39, 0.29) is 18.8 Å². The van der Waals surface area contributed by atoms with E-state index in [0.717, 1.165) is 23.5 Å². The third-order valence-corrected chi connectivity index (χ3v) is 4.52. The Morgan fingerprint density at radius 1 is 1.29 bits per heavy atom. The van der Waals surface area contributed by atoms with Gasteiger partial charge >= 0.3 is 5.97 Å². The van der Waals surface area contributed by atoms with E-state index in [1.54, 1.807) is 30.3 Å². The van der Waals surface area contributed by atoms with Crippen LogP contribution in [0.3, 0.4) is 0 Å². The third kappa shape index (κ3) is 5.64. The van der Waals surface area contributed by atoms with Crippen LogP contribution in [0.4, 0.5) is 0 Å².